The van der Waals surface area contributed by atoms with Crippen LogP contribution in [0.25, 0.3) is 0 Å². The Labute approximate surface area is 118 Å². The molecule has 114 valence electrons. The molecule has 0 bridgehead atoms. The topological polar surface area (TPSA) is 114 Å². The fourth-order valence-electron chi connectivity index (χ4n) is 1.66. The zero-order valence-corrected chi connectivity index (χ0v) is 12.5. The smallest absolute Gasteiger partial charge is 0.347 e. The van der Waals surface area contributed by atoms with Gasteiger partial charge in [-0.05, 0) is 27.2 Å². The molecular weight excluding hydrogens is 286 g/mol. The van der Waals surface area contributed by atoms with Crippen LogP contribution in [0.15, 0.2) is 4.99 Å². The number of rotatable bonds is 7. The molecule has 0 fully saturated rings. The first kappa shape index (κ1) is 16.7. The van der Waals surface area contributed by atoms with Crippen molar-refractivity contribution >= 4 is 27.7 Å². The van der Waals surface area contributed by atoms with Crippen molar-refractivity contribution in [2.75, 3.05) is 13.2 Å². The Morgan fingerprint density at radius 1 is 1.40 bits per heavy atom. The predicted molar refractivity (Wildman–Crippen MR) is 73.1 cm³/mol. The Bertz CT molecular complexity index is 512. The largest absolute Gasteiger partial charge is 0.379 e. The van der Waals surface area contributed by atoms with E-state index in [9.17, 15) is 18.0 Å². The quantitative estimate of drug-likeness (QED) is 0.632. The molecule has 3 amide bonds. The summed E-state index contributed by atoms with van der Waals surface area (Å²) in [5.41, 5.74) is -0.0373. The van der Waals surface area contributed by atoms with E-state index in [1.54, 1.807) is 0 Å². The van der Waals surface area contributed by atoms with Gasteiger partial charge in [0.05, 0.1) is 6.10 Å². The molecule has 1 atom stereocenters. The van der Waals surface area contributed by atoms with E-state index in [4.69, 9.17) is 4.74 Å². The number of aliphatic imine (C=N–C) groups is 1. The summed E-state index contributed by atoms with van der Waals surface area (Å²) < 4.78 is 31.6. The highest BCUT2D eigenvalue weighted by molar-refractivity contribution is 7.91. The van der Waals surface area contributed by atoms with Gasteiger partial charge in [-0.25, -0.2) is 22.9 Å². The van der Waals surface area contributed by atoms with E-state index in [0.29, 0.717) is 13.0 Å². The molecule has 8 nitrogen and oxygen atoms in total. The van der Waals surface area contributed by atoms with E-state index >= 15 is 0 Å². The molecule has 0 saturated heterocycles. The first-order valence-corrected chi connectivity index (χ1v) is 7.78. The van der Waals surface area contributed by atoms with Crippen LogP contribution in [0.1, 0.15) is 27.2 Å². The number of urea groups is 1. The molecule has 0 aromatic carbocycles. The third-order valence-electron chi connectivity index (χ3n) is 2.51. The first-order valence-electron chi connectivity index (χ1n) is 6.24. The van der Waals surface area contributed by atoms with Crippen LogP contribution in [0.4, 0.5) is 4.79 Å². The van der Waals surface area contributed by atoms with Gasteiger partial charge in [0.25, 0.3) is 5.91 Å². The summed E-state index contributed by atoms with van der Waals surface area (Å²) in [6.07, 6.45) is 0.567. The number of imide groups is 1. The minimum atomic E-state index is -3.91. The molecular formula is C11H19N3O5S. The normalized spacial score (nSPS) is 20.0. The molecule has 0 spiro atoms. The van der Waals surface area contributed by atoms with Gasteiger partial charge >= 0.3 is 6.03 Å². The van der Waals surface area contributed by atoms with Gasteiger partial charge in [-0.2, -0.15) is 0 Å². The average molecular weight is 305 g/mol. The Kier molecular flexibility index (Phi) is 5.78. The van der Waals surface area contributed by atoms with E-state index in [2.05, 4.69) is 9.71 Å². The van der Waals surface area contributed by atoms with E-state index in [0.717, 1.165) is 0 Å². The number of nitrogens with zero attached hydrogens (tertiary/aromatic N) is 1. The monoisotopic (exact) mass is 305 g/mol. The Morgan fingerprint density at radius 3 is 2.60 bits per heavy atom. The standard InChI is InChI=1S/C11H19N3O5S/c1-7(2)19-6-4-5-12-20(17,18)9-8(3)13-11(16)14-10(9)15/h7,9,12H,4-6H2,1-3H3,(H,14,15,16). The zero-order valence-electron chi connectivity index (χ0n) is 11.7. The van der Waals surface area contributed by atoms with Crippen molar-refractivity contribution in [1.29, 1.82) is 0 Å². The van der Waals surface area contributed by atoms with Crippen molar-refractivity contribution in [2.24, 2.45) is 4.99 Å². The summed E-state index contributed by atoms with van der Waals surface area (Å²) in [6.45, 7) is 5.67. The van der Waals surface area contributed by atoms with Crippen LogP contribution in [0, 0.1) is 0 Å². The summed E-state index contributed by atoms with van der Waals surface area (Å²) in [5.74, 6) is -0.881. The second-order valence-electron chi connectivity index (χ2n) is 4.64. The van der Waals surface area contributed by atoms with Gasteiger partial charge in [0.1, 0.15) is 0 Å². The molecule has 0 radical (unpaired) electrons. The van der Waals surface area contributed by atoms with Crippen LogP contribution in [-0.2, 0) is 19.6 Å². The van der Waals surface area contributed by atoms with Crippen molar-refractivity contribution in [3.63, 3.8) is 0 Å². The van der Waals surface area contributed by atoms with Crippen molar-refractivity contribution < 1.29 is 22.7 Å². The van der Waals surface area contributed by atoms with Gasteiger partial charge in [0.2, 0.25) is 10.0 Å². The van der Waals surface area contributed by atoms with Crippen LogP contribution in [0.3, 0.4) is 0 Å². The van der Waals surface area contributed by atoms with Crippen LogP contribution in [0.5, 0.6) is 0 Å². The number of carbonyl (C=O) groups is 2. The SMILES string of the molecule is CC1=NC(=O)NC(=O)C1S(=O)(=O)NCCCOC(C)C. The molecule has 9 heteroatoms. The highest BCUT2D eigenvalue weighted by Crippen LogP contribution is 2.07. The maximum absolute atomic E-state index is 12.0. The lowest BCUT2D eigenvalue weighted by Crippen LogP contribution is -2.53. The van der Waals surface area contributed by atoms with Crippen LogP contribution in [-0.4, -0.2) is 50.6 Å². The van der Waals surface area contributed by atoms with Crippen LogP contribution < -0.4 is 10.0 Å². The number of hydrogen-bond acceptors (Lipinski definition) is 5. The fourth-order valence-corrected chi connectivity index (χ4v) is 3.10. The molecule has 1 rings (SSSR count). The third-order valence-corrected chi connectivity index (χ3v) is 4.29. The Morgan fingerprint density at radius 2 is 2.05 bits per heavy atom. The van der Waals surface area contributed by atoms with E-state index in [-0.39, 0.29) is 18.4 Å². The van der Waals surface area contributed by atoms with Gasteiger partial charge in [-0.1, -0.05) is 0 Å². The van der Waals surface area contributed by atoms with Crippen molar-refractivity contribution in [1.82, 2.24) is 10.0 Å². The predicted octanol–water partition coefficient (Wildman–Crippen LogP) is -0.200. The van der Waals surface area contributed by atoms with Crippen molar-refractivity contribution in [3.8, 4) is 0 Å². The molecule has 0 aromatic heterocycles. The second-order valence-corrected chi connectivity index (χ2v) is 6.49. The van der Waals surface area contributed by atoms with E-state index in [1.165, 1.54) is 6.92 Å². The minimum Gasteiger partial charge on any atom is -0.379 e. The Balaban J connectivity index is 2.58. The summed E-state index contributed by atoms with van der Waals surface area (Å²) >= 11 is 0. The molecule has 0 aliphatic carbocycles. The molecule has 1 unspecified atom stereocenters. The molecule has 1 aliphatic rings. The lowest BCUT2D eigenvalue weighted by Gasteiger charge is -2.20. The lowest BCUT2D eigenvalue weighted by molar-refractivity contribution is -0.118. The van der Waals surface area contributed by atoms with Gasteiger partial charge in [-0.3, -0.25) is 10.1 Å². The summed E-state index contributed by atoms with van der Waals surface area (Å²) in [4.78, 5) is 26.0. The third kappa shape index (κ3) is 4.66. The Hall–Kier alpha value is -1.32. The summed E-state index contributed by atoms with van der Waals surface area (Å²) in [7, 11) is -3.91. The summed E-state index contributed by atoms with van der Waals surface area (Å²) in [6, 6.07) is -0.843. The number of amides is 3. The minimum absolute atomic E-state index is 0.0373. The average Bonchev–Trinajstić information content (AvgIpc) is 2.25. The number of sulfonamides is 1. The maximum atomic E-state index is 12.0. The number of ether oxygens (including phenoxy) is 1. The van der Waals surface area contributed by atoms with Gasteiger partial charge in [-0.15, -0.1) is 0 Å². The number of carbonyl (C=O) groups excluding carboxylic acids is 2. The van der Waals surface area contributed by atoms with Crippen molar-refractivity contribution in [3.05, 3.63) is 0 Å². The number of nitrogens with one attached hydrogen (secondary N) is 2. The summed E-state index contributed by atoms with van der Waals surface area (Å²) in [5, 5.41) is 0.407. The van der Waals surface area contributed by atoms with E-state index in [1.807, 2.05) is 19.2 Å². The fraction of sp³-hybridized carbons (Fsp3) is 0.727. The zero-order chi connectivity index (χ0) is 15.3. The molecule has 20 heavy (non-hydrogen) atoms. The molecule has 1 heterocycles. The van der Waals surface area contributed by atoms with Gasteiger partial charge in [0.15, 0.2) is 5.25 Å². The maximum Gasteiger partial charge on any atom is 0.347 e. The van der Waals surface area contributed by atoms with Gasteiger partial charge < -0.3 is 4.74 Å². The molecule has 0 aromatic rings. The van der Waals surface area contributed by atoms with Gasteiger partial charge in [0, 0.05) is 18.9 Å². The number of hydrogen-bond donors (Lipinski definition) is 2. The van der Waals surface area contributed by atoms with Crippen molar-refractivity contribution in [2.45, 2.75) is 38.5 Å². The second kappa shape index (κ2) is 6.91. The highest BCUT2D eigenvalue weighted by atomic mass is 32.2. The lowest BCUT2D eigenvalue weighted by atomic mass is 10.2. The molecule has 2 N–H and O–H groups in total. The highest BCUT2D eigenvalue weighted by Gasteiger charge is 2.38. The van der Waals surface area contributed by atoms with E-state index < -0.39 is 27.2 Å². The molecule has 1 aliphatic heterocycles. The first-order chi connectivity index (χ1) is 9.24. The molecule has 0 saturated carbocycles. The van der Waals surface area contributed by atoms with Crippen LogP contribution >= 0.6 is 0 Å². The van der Waals surface area contributed by atoms with Crippen LogP contribution in [0.2, 0.25) is 0 Å².